The maximum absolute atomic E-state index is 10.3. The molecule has 0 aliphatic rings. The lowest BCUT2D eigenvalue weighted by molar-refractivity contribution is -0.873. The van der Waals surface area contributed by atoms with Crippen molar-refractivity contribution in [1.29, 1.82) is 0 Å². The largest absolute Gasteiger partial charge is 0.379 e. The summed E-state index contributed by atoms with van der Waals surface area (Å²) >= 11 is 0. The summed E-state index contributed by atoms with van der Waals surface area (Å²) in [5.41, 5.74) is 1.11. The van der Waals surface area contributed by atoms with Gasteiger partial charge in [-0.05, 0) is 18.9 Å². The first-order valence-electron chi connectivity index (χ1n) is 15.6. The molecule has 1 N–H and O–H groups in total. The van der Waals surface area contributed by atoms with Crippen molar-refractivity contribution in [3.05, 3.63) is 35.9 Å². The van der Waals surface area contributed by atoms with Gasteiger partial charge in [-0.1, -0.05) is 121 Å². The number of nitrogens with zero attached hydrogens (tertiary/aromatic N) is 1. The van der Waals surface area contributed by atoms with Crippen LogP contribution in [0.1, 0.15) is 109 Å². The van der Waals surface area contributed by atoms with E-state index in [1.54, 1.807) is 0 Å². The molecular formula is C32H61NO5P+. The maximum atomic E-state index is 10.3. The molecule has 0 heterocycles. The van der Waals surface area contributed by atoms with Crippen LogP contribution in [0, 0.1) is 0 Å². The normalized spacial score (nSPS) is 14.4. The molecule has 0 bridgehead atoms. The van der Waals surface area contributed by atoms with Crippen molar-refractivity contribution in [3.63, 3.8) is 0 Å². The molecule has 0 saturated heterocycles. The molecule has 228 valence electrons. The highest BCUT2D eigenvalue weighted by Crippen LogP contribution is 2.35. The van der Waals surface area contributed by atoms with Crippen molar-refractivity contribution in [2.75, 3.05) is 47.5 Å². The smallest absolute Gasteiger partial charge is 0.330 e. The van der Waals surface area contributed by atoms with Crippen molar-refractivity contribution in [3.8, 4) is 0 Å². The fourth-order valence-corrected chi connectivity index (χ4v) is 5.41. The highest BCUT2D eigenvalue weighted by Gasteiger charge is 2.21. The molecule has 0 aromatic heterocycles. The summed E-state index contributed by atoms with van der Waals surface area (Å²) < 4.78 is 24.1. The summed E-state index contributed by atoms with van der Waals surface area (Å²) in [4.78, 5) is 10.3. The van der Waals surface area contributed by atoms with Crippen LogP contribution in [-0.2, 0) is 25.1 Å². The standard InChI is InChI=1S/C32H61NO5P/c1-6-7-8-9-10-11-12-13-14-15-16-17-18-22-25-35-28-32(36-27-31-23-20-19-21-24-31)29-37-39(34)38-30(2)26-33(3,4)5/h19-21,23-24,30,32,34H,6-18,22,25-29H2,1-5H3/q+1. The Morgan fingerprint density at radius 2 is 1.31 bits per heavy atom. The van der Waals surface area contributed by atoms with Gasteiger partial charge >= 0.3 is 8.60 Å². The van der Waals surface area contributed by atoms with Crippen molar-refractivity contribution < 1.29 is 27.9 Å². The van der Waals surface area contributed by atoms with E-state index in [1.165, 1.54) is 83.5 Å². The molecule has 0 aliphatic carbocycles. The van der Waals surface area contributed by atoms with Crippen LogP contribution < -0.4 is 0 Å². The quantitative estimate of drug-likeness (QED) is 0.0654. The molecule has 0 radical (unpaired) electrons. The molecule has 1 aromatic carbocycles. The number of quaternary nitrogens is 1. The second-order valence-corrected chi connectivity index (χ2v) is 13.0. The van der Waals surface area contributed by atoms with Crippen LogP contribution >= 0.6 is 8.60 Å². The predicted octanol–water partition coefficient (Wildman–Crippen LogP) is 8.42. The Hall–Kier alpha value is -0.590. The summed E-state index contributed by atoms with van der Waals surface area (Å²) in [6.07, 6.45) is 18.5. The van der Waals surface area contributed by atoms with Gasteiger partial charge in [0.05, 0.1) is 41.0 Å². The van der Waals surface area contributed by atoms with Crippen LogP contribution in [0.15, 0.2) is 30.3 Å². The average molecular weight is 571 g/mol. The fourth-order valence-electron chi connectivity index (χ4n) is 4.68. The molecule has 0 fully saturated rings. The van der Waals surface area contributed by atoms with E-state index < -0.39 is 8.60 Å². The maximum Gasteiger partial charge on any atom is 0.330 e. The van der Waals surface area contributed by atoms with Crippen LogP contribution in [0.2, 0.25) is 0 Å². The summed E-state index contributed by atoms with van der Waals surface area (Å²) in [5, 5.41) is 0. The van der Waals surface area contributed by atoms with Crippen LogP contribution in [0.4, 0.5) is 0 Å². The SMILES string of the molecule is CCCCCCCCCCCCCCCCOCC(COP(O)OC(C)C[N+](C)(C)C)OCc1ccccc1. The first kappa shape index (κ1) is 36.4. The molecule has 6 nitrogen and oxygen atoms in total. The molecule has 0 aliphatic heterocycles. The van der Waals surface area contributed by atoms with Crippen LogP contribution in [0.25, 0.3) is 0 Å². The van der Waals surface area contributed by atoms with E-state index in [9.17, 15) is 4.89 Å². The molecule has 3 atom stereocenters. The molecular weight excluding hydrogens is 509 g/mol. The van der Waals surface area contributed by atoms with E-state index in [0.29, 0.717) is 13.2 Å². The van der Waals surface area contributed by atoms with Gasteiger partial charge in [0.25, 0.3) is 0 Å². The highest BCUT2D eigenvalue weighted by atomic mass is 31.2. The lowest BCUT2D eigenvalue weighted by Crippen LogP contribution is -2.40. The lowest BCUT2D eigenvalue weighted by Gasteiger charge is -2.28. The number of hydrogen-bond acceptors (Lipinski definition) is 5. The third kappa shape index (κ3) is 23.8. The van der Waals surface area contributed by atoms with E-state index >= 15 is 0 Å². The Labute approximate surface area is 242 Å². The predicted molar refractivity (Wildman–Crippen MR) is 165 cm³/mol. The van der Waals surface area contributed by atoms with Crippen molar-refractivity contribution >= 4 is 8.60 Å². The molecule has 1 aromatic rings. The van der Waals surface area contributed by atoms with Gasteiger partial charge in [0.2, 0.25) is 0 Å². The fraction of sp³-hybridized carbons (Fsp3) is 0.812. The topological polar surface area (TPSA) is 57.2 Å². The lowest BCUT2D eigenvalue weighted by atomic mass is 10.0. The highest BCUT2D eigenvalue weighted by molar-refractivity contribution is 7.40. The van der Waals surface area contributed by atoms with Gasteiger partial charge in [0.15, 0.2) is 0 Å². The minimum atomic E-state index is -1.96. The Kier molecular flexibility index (Phi) is 22.5. The zero-order chi connectivity index (χ0) is 28.6. The number of hydrogen-bond donors (Lipinski definition) is 1. The third-order valence-electron chi connectivity index (χ3n) is 6.72. The van der Waals surface area contributed by atoms with Crippen molar-refractivity contribution in [2.24, 2.45) is 0 Å². The number of ether oxygens (including phenoxy) is 2. The molecule has 0 amide bonds. The summed E-state index contributed by atoms with van der Waals surface area (Å²) in [5.74, 6) is 0. The monoisotopic (exact) mass is 570 g/mol. The molecule has 7 heteroatoms. The Morgan fingerprint density at radius 3 is 1.85 bits per heavy atom. The first-order valence-corrected chi connectivity index (χ1v) is 16.8. The van der Waals surface area contributed by atoms with Gasteiger partial charge in [0, 0.05) is 6.61 Å². The molecule has 39 heavy (non-hydrogen) atoms. The van der Waals surface area contributed by atoms with Gasteiger partial charge in [-0.15, -0.1) is 0 Å². The average Bonchev–Trinajstić information content (AvgIpc) is 2.89. The van der Waals surface area contributed by atoms with E-state index in [-0.39, 0.29) is 18.8 Å². The van der Waals surface area contributed by atoms with Crippen LogP contribution in [-0.4, -0.2) is 69.1 Å². The molecule has 1 rings (SSSR count). The van der Waals surface area contributed by atoms with E-state index in [4.69, 9.17) is 18.5 Å². The molecule has 3 unspecified atom stereocenters. The summed E-state index contributed by atoms with van der Waals surface area (Å²) in [6.45, 7) is 6.93. The van der Waals surface area contributed by atoms with Crippen molar-refractivity contribution in [2.45, 2.75) is 123 Å². The number of benzene rings is 1. The van der Waals surface area contributed by atoms with Gasteiger partial charge in [-0.25, -0.2) is 0 Å². The van der Waals surface area contributed by atoms with Gasteiger partial charge in [-0.3, -0.25) is 0 Å². The number of likely N-dealkylation sites (N-methyl/N-ethyl adjacent to an activating group) is 1. The minimum Gasteiger partial charge on any atom is -0.379 e. The second-order valence-electron chi connectivity index (χ2n) is 12.0. The van der Waals surface area contributed by atoms with E-state index in [0.717, 1.165) is 29.6 Å². The summed E-state index contributed by atoms with van der Waals surface area (Å²) in [7, 11) is 4.35. The van der Waals surface area contributed by atoms with Gasteiger partial charge in [0.1, 0.15) is 18.8 Å². The second kappa shape index (κ2) is 24.1. The van der Waals surface area contributed by atoms with Crippen LogP contribution in [0.3, 0.4) is 0 Å². The zero-order valence-corrected chi connectivity index (χ0v) is 26.8. The zero-order valence-electron chi connectivity index (χ0n) is 26.0. The molecule has 0 spiro atoms. The van der Waals surface area contributed by atoms with E-state index in [1.807, 2.05) is 37.3 Å². The number of unbranched alkanes of at least 4 members (excludes halogenated alkanes) is 13. The van der Waals surface area contributed by atoms with Crippen molar-refractivity contribution in [1.82, 2.24) is 0 Å². The van der Waals surface area contributed by atoms with Gasteiger partial charge < -0.3 is 27.9 Å². The first-order chi connectivity index (χ1) is 18.8. The minimum absolute atomic E-state index is 0.0960. The molecule has 0 saturated carbocycles. The number of rotatable bonds is 27. The Morgan fingerprint density at radius 1 is 0.769 bits per heavy atom. The van der Waals surface area contributed by atoms with E-state index in [2.05, 4.69) is 28.1 Å². The van der Waals surface area contributed by atoms with Crippen LogP contribution in [0.5, 0.6) is 0 Å². The third-order valence-corrected chi connectivity index (χ3v) is 7.63. The Balaban J connectivity index is 2.16. The summed E-state index contributed by atoms with van der Waals surface area (Å²) in [6, 6.07) is 10.1. The van der Waals surface area contributed by atoms with Gasteiger partial charge in [-0.2, -0.15) is 0 Å². The Bertz CT molecular complexity index is 658.